The molecule has 0 heterocycles. The Bertz CT molecular complexity index is 844. The van der Waals surface area contributed by atoms with Crippen molar-refractivity contribution in [3.05, 3.63) is 0 Å². The van der Waals surface area contributed by atoms with Crippen LogP contribution in [0, 0.1) is 5.92 Å². The van der Waals surface area contributed by atoms with Crippen LogP contribution >= 0.6 is 0 Å². The van der Waals surface area contributed by atoms with Gasteiger partial charge >= 0.3 is 11.9 Å². The van der Waals surface area contributed by atoms with E-state index in [1.807, 2.05) is 0 Å². The van der Waals surface area contributed by atoms with Crippen molar-refractivity contribution in [2.75, 3.05) is 6.54 Å². The molecule has 0 aromatic carbocycles. The van der Waals surface area contributed by atoms with E-state index in [1.165, 1.54) is 0 Å². The summed E-state index contributed by atoms with van der Waals surface area (Å²) in [6, 6.07) is -5.60. The Hall–Kier alpha value is -3.95. The van der Waals surface area contributed by atoms with Crippen molar-refractivity contribution in [1.82, 2.24) is 16.0 Å². The second-order valence-corrected chi connectivity index (χ2v) is 8.47. The second kappa shape index (κ2) is 15.9. The average Bonchev–Trinajstić information content (AvgIpc) is 2.73. The molecule has 0 radical (unpaired) electrons. The number of carboxylic acids is 2. The molecule has 4 amide bonds. The molecular weight excluding hydrogens is 480 g/mol. The fraction of sp³-hybridized carbons (Fsp3) is 0.650. The van der Waals surface area contributed by atoms with Crippen LogP contribution in [0.2, 0.25) is 0 Å². The highest BCUT2D eigenvalue weighted by molar-refractivity contribution is 5.96. The average molecular weight is 517 g/mol. The van der Waals surface area contributed by atoms with E-state index in [0.29, 0.717) is 0 Å². The summed E-state index contributed by atoms with van der Waals surface area (Å²) in [6.07, 6.45) is -1.07. The highest BCUT2D eigenvalue weighted by Gasteiger charge is 2.32. The predicted octanol–water partition coefficient (Wildman–Crippen LogP) is -3.70. The fourth-order valence-corrected chi connectivity index (χ4v) is 2.98. The molecule has 0 fully saturated rings. The lowest BCUT2D eigenvalue weighted by Crippen LogP contribution is -2.57. The number of aliphatic carboxylic acids is 2. The van der Waals surface area contributed by atoms with Crippen LogP contribution in [0.4, 0.5) is 0 Å². The molecule has 0 spiro atoms. The van der Waals surface area contributed by atoms with Gasteiger partial charge in [-0.3, -0.25) is 29.0 Å². The summed E-state index contributed by atoms with van der Waals surface area (Å²) in [5, 5.41) is 25.4. The molecule has 0 aromatic rings. The monoisotopic (exact) mass is 516 g/mol. The predicted molar refractivity (Wildman–Crippen MR) is 127 cm³/mol. The SMILES string of the molecule is CC(C)CC(NC(=O)C(CC(=O)O)NC(=O)C(N)CC(N)=O)C(=O)NC(CCCN=C(N)N)C(=O)O. The number of aliphatic imine (C=N–C) groups is 1. The number of carbonyl (C=O) groups is 6. The van der Waals surface area contributed by atoms with Crippen LogP contribution in [0.5, 0.6) is 0 Å². The van der Waals surface area contributed by atoms with Crippen molar-refractivity contribution < 1.29 is 39.0 Å². The summed E-state index contributed by atoms with van der Waals surface area (Å²) in [7, 11) is 0. The van der Waals surface area contributed by atoms with Crippen molar-refractivity contribution in [2.24, 2.45) is 33.8 Å². The minimum Gasteiger partial charge on any atom is -0.481 e. The van der Waals surface area contributed by atoms with Crippen molar-refractivity contribution in [2.45, 2.75) is 70.1 Å². The molecule has 13 N–H and O–H groups in total. The number of primary amides is 1. The fourth-order valence-electron chi connectivity index (χ4n) is 2.98. The van der Waals surface area contributed by atoms with Gasteiger partial charge in [-0.1, -0.05) is 13.8 Å². The van der Waals surface area contributed by atoms with E-state index in [4.69, 9.17) is 28.0 Å². The zero-order valence-electron chi connectivity index (χ0n) is 20.2. The Balaban J connectivity index is 5.50. The van der Waals surface area contributed by atoms with Gasteiger partial charge in [0.2, 0.25) is 23.6 Å². The van der Waals surface area contributed by atoms with E-state index in [-0.39, 0.29) is 37.7 Å². The van der Waals surface area contributed by atoms with Crippen LogP contribution in [0.15, 0.2) is 4.99 Å². The number of nitrogens with one attached hydrogen (secondary N) is 3. The van der Waals surface area contributed by atoms with Gasteiger partial charge in [0.1, 0.15) is 18.1 Å². The molecule has 0 rings (SSSR count). The Labute approximate surface area is 207 Å². The maximum absolute atomic E-state index is 12.8. The van der Waals surface area contributed by atoms with Crippen molar-refractivity contribution in [3.63, 3.8) is 0 Å². The third kappa shape index (κ3) is 13.7. The van der Waals surface area contributed by atoms with E-state index in [1.54, 1.807) is 13.8 Å². The van der Waals surface area contributed by atoms with Gasteiger partial charge in [0, 0.05) is 6.54 Å². The number of amides is 4. The third-order valence-corrected chi connectivity index (χ3v) is 4.67. The molecule has 36 heavy (non-hydrogen) atoms. The smallest absolute Gasteiger partial charge is 0.326 e. The van der Waals surface area contributed by atoms with Gasteiger partial charge in [-0.2, -0.15) is 0 Å². The Kier molecular flexibility index (Phi) is 14.1. The van der Waals surface area contributed by atoms with Crippen molar-refractivity contribution in [3.8, 4) is 0 Å². The highest BCUT2D eigenvalue weighted by atomic mass is 16.4. The number of hydrogen-bond acceptors (Lipinski definition) is 8. The van der Waals surface area contributed by atoms with Crippen LogP contribution < -0.4 is 38.9 Å². The van der Waals surface area contributed by atoms with Crippen LogP contribution in [0.1, 0.15) is 46.0 Å². The van der Waals surface area contributed by atoms with Gasteiger partial charge in [0.15, 0.2) is 5.96 Å². The molecule has 16 heteroatoms. The first-order chi connectivity index (χ1) is 16.6. The lowest BCUT2D eigenvalue weighted by atomic mass is 10.0. The first kappa shape index (κ1) is 32.0. The molecule has 0 aliphatic carbocycles. The second-order valence-electron chi connectivity index (χ2n) is 8.47. The topological polar surface area (TPSA) is 295 Å². The van der Waals surface area contributed by atoms with E-state index < -0.39 is 72.6 Å². The quantitative estimate of drug-likeness (QED) is 0.0514. The summed E-state index contributed by atoms with van der Waals surface area (Å²) in [6.45, 7) is 3.63. The Morgan fingerprint density at radius 1 is 0.806 bits per heavy atom. The molecule has 0 aliphatic rings. The number of rotatable bonds is 17. The van der Waals surface area contributed by atoms with E-state index in [9.17, 15) is 33.9 Å². The summed E-state index contributed by atoms with van der Waals surface area (Å²) < 4.78 is 0. The summed E-state index contributed by atoms with van der Waals surface area (Å²) >= 11 is 0. The summed E-state index contributed by atoms with van der Waals surface area (Å²) in [5.41, 5.74) is 20.9. The first-order valence-corrected chi connectivity index (χ1v) is 11.1. The van der Waals surface area contributed by atoms with E-state index in [0.717, 1.165) is 0 Å². The number of nitrogens with zero attached hydrogens (tertiary/aromatic N) is 1. The maximum Gasteiger partial charge on any atom is 0.326 e. The highest BCUT2D eigenvalue weighted by Crippen LogP contribution is 2.08. The lowest BCUT2D eigenvalue weighted by molar-refractivity contribution is -0.143. The number of carbonyl (C=O) groups excluding carboxylic acids is 4. The molecule has 0 aromatic heterocycles. The molecule has 4 unspecified atom stereocenters. The largest absolute Gasteiger partial charge is 0.481 e. The van der Waals surface area contributed by atoms with Crippen LogP contribution in [0.25, 0.3) is 0 Å². The van der Waals surface area contributed by atoms with E-state index >= 15 is 0 Å². The standard InChI is InChI=1S/C20H36N8O8/c1-9(2)6-12(17(33)26-11(19(35)36)4-3-5-25-20(23)24)28-18(34)13(8-15(30)31)27-16(32)10(21)7-14(22)29/h9-13H,3-8,21H2,1-2H3,(H2,22,29)(H,26,33)(H,27,32)(H,28,34)(H,30,31)(H,35,36)(H4,23,24,25). The van der Waals surface area contributed by atoms with Gasteiger partial charge in [0.05, 0.1) is 18.9 Å². The van der Waals surface area contributed by atoms with Crippen LogP contribution in [-0.2, 0) is 28.8 Å². The Morgan fingerprint density at radius 3 is 1.81 bits per heavy atom. The van der Waals surface area contributed by atoms with E-state index in [2.05, 4.69) is 20.9 Å². The van der Waals surface area contributed by atoms with Crippen LogP contribution in [-0.4, -0.2) is 82.5 Å². The molecular formula is C20H36N8O8. The molecule has 0 bridgehead atoms. The van der Waals surface area contributed by atoms with Gasteiger partial charge in [-0.25, -0.2) is 4.79 Å². The summed E-state index contributed by atoms with van der Waals surface area (Å²) in [4.78, 5) is 75.3. The van der Waals surface area contributed by atoms with Crippen molar-refractivity contribution >= 4 is 41.5 Å². The normalized spacial score (nSPS) is 14.0. The summed E-state index contributed by atoms with van der Waals surface area (Å²) in [5.74, 6) is -6.76. The van der Waals surface area contributed by atoms with Gasteiger partial charge in [-0.05, 0) is 25.2 Å². The number of hydrogen-bond donors (Lipinski definition) is 9. The van der Waals surface area contributed by atoms with Gasteiger partial charge in [0.25, 0.3) is 0 Å². The first-order valence-electron chi connectivity index (χ1n) is 11.1. The van der Waals surface area contributed by atoms with Crippen LogP contribution in [0.3, 0.4) is 0 Å². The Morgan fingerprint density at radius 2 is 1.33 bits per heavy atom. The molecule has 0 saturated carbocycles. The number of nitrogens with two attached hydrogens (primary N) is 4. The molecule has 0 aliphatic heterocycles. The molecule has 16 nitrogen and oxygen atoms in total. The molecule has 204 valence electrons. The van der Waals surface area contributed by atoms with Gasteiger partial charge in [-0.15, -0.1) is 0 Å². The minimum absolute atomic E-state index is 0.00432. The van der Waals surface area contributed by atoms with Gasteiger partial charge < -0.3 is 49.1 Å². The molecule has 0 saturated heterocycles. The van der Waals surface area contributed by atoms with Crippen molar-refractivity contribution in [1.29, 1.82) is 0 Å². The lowest BCUT2D eigenvalue weighted by Gasteiger charge is -2.25. The number of guanidine groups is 1. The third-order valence-electron chi connectivity index (χ3n) is 4.67. The molecule has 4 atom stereocenters. The number of carboxylic acid groups (broad SMARTS) is 2. The maximum atomic E-state index is 12.8. The minimum atomic E-state index is -1.63. The zero-order valence-corrected chi connectivity index (χ0v) is 20.2. The zero-order chi connectivity index (χ0) is 28.0.